The van der Waals surface area contributed by atoms with Crippen LogP contribution in [0.5, 0.6) is 17.2 Å². The Kier molecular flexibility index (Phi) is 6.75. The fraction of sp³-hybridized carbons (Fsp3) is 0.419. The highest BCUT2D eigenvalue weighted by molar-refractivity contribution is 5.52. The molecule has 1 saturated heterocycles. The quantitative estimate of drug-likeness (QED) is 0.390. The number of hydrogen-bond acceptors (Lipinski definition) is 4. The second kappa shape index (κ2) is 9.94. The Morgan fingerprint density at radius 3 is 2.23 bits per heavy atom. The fourth-order valence-electron chi connectivity index (χ4n) is 5.72. The predicted molar refractivity (Wildman–Crippen MR) is 141 cm³/mol. The molecule has 3 aromatic carbocycles. The Bertz CT molecular complexity index is 1130. The molecule has 0 aliphatic carbocycles. The number of ether oxygens (including phenoxy) is 3. The van der Waals surface area contributed by atoms with Crippen LogP contribution < -0.4 is 14.2 Å². The summed E-state index contributed by atoms with van der Waals surface area (Å²) >= 11 is 0. The lowest BCUT2D eigenvalue weighted by Crippen LogP contribution is -2.43. The van der Waals surface area contributed by atoms with Gasteiger partial charge in [0.15, 0.2) is 0 Å². The Balaban J connectivity index is 1.47. The Morgan fingerprint density at radius 1 is 0.886 bits per heavy atom. The molecule has 2 heterocycles. The summed E-state index contributed by atoms with van der Waals surface area (Å²) in [7, 11) is 1.70. The highest BCUT2D eigenvalue weighted by atomic mass is 16.5. The minimum atomic E-state index is -0.399. The SMILES string of the molecule is COc1ccc2c(c1)OC(C)(C)C(c1ccc(C)cc1)C2c1ccc(OCCN2CCCC2)cc1. The molecule has 3 aromatic rings. The molecule has 0 radical (unpaired) electrons. The molecule has 1 fully saturated rings. The van der Waals surface area contributed by atoms with E-state index in [2.05, 4.69) is 80.3 Å². The summed E-state index contributed by atoms with van der Waals surface area (Å²) in [6.07, 6.45) is 2.62. The molecule has 0 bridgehead atoms. The maximum absolute atomic E-state index is 6.63. The third-order valence-electron chi connectivity index (χ3n) is 7.56. The van der Waals surface area contributed by atoms with Crippen molar-refractivity contribution in [2.75, 3.05) is 33.4 Å². The van der Waals surface area contributed by atoms with Crippen molar-refractivity contribution in [3.05, 3.63) is 89.0 Å². The number of likely N-dealkylation sites (tertiary alicyclic amines) is 1. The zero-order valence-electron chi connectivity index (χ0n) is 21.4. The monoisotopic (exact) mass is 471 g/mol. The zero-order valence-corrected chi connectivity index (χ0v) is 21.4. The number of aryl methyl sites for hydroxylation is 1. The normalized spacial score (nSPS) is 21.3. The summed E-state index contributed by atoms with van der Waals surface area (Å²) in [5.74, 6) is 2.95. The van der Waals surface area contributed by atoms with Crippen LogP contribution in [0, 0.1) is 6.92 Å². The summed E-state index contributed by atoms with van der Waals surface area (Å²) in [6, 6.07) is 23.8. The first-order valence-electron chi connectivity index (χ1n) is 12.8. The van der Waals surface area contributed by atoms with Crippen molar-refractivity contribution in [3.8, 4) is 17.2 Å². The first-order chi connectivity index (χ1) is 16.9. The van der Waals surface area contributed by atoms with Gasteiger partial charge in [0.1, 0.15) is 29.5 Å². The number of benzene rings is 3. The molecule has 0 N–H and O–H groups in total. The summed E-state index contributed by atoms with van der Waals surface area (Å²) in [4.78, 5) is 2.48. The van der Waals surface area contributed by atoms with E-state index in [0.29, 0.717) is 0 Å². The van der Waals surface area contributed by atoms with E-state index in [-0.39, 0.29) is 11.8 Å². The molecule has 4 nitrogen and oxygen atoms in total. The molecular weight excluding hydrogens is 434 g/mol. The molecule has 0 saturated carbocycles. The van der Waals surface area contributed by atoms with Crippen LogP contribution in [-0.4, -0.2) is 43.9 Å². The van der Waals surface area contributed by atoms with Gasteiger partial charge in [0.05, 0.1) is 7.11 Å². The van der Waals surface area contributed by atoms with E-state index >= 15 is 0 Å². The van der Waals surface area contributed by atoms with E-state index in [1.165, 1.54) is 48.2 Å². The number of hydrogen-bond donors (Lipinski definition) is 0. The molecule has 35 heavy (non-hydrogen) atoms. The topological polar surface area (TPSA) is 30.9 Å². The van der Waals surface area contributed by atoms with Crippen molar-refractivity contribution < 1.29 is 14.2 Å². The molecular formula is C31H37NO3. The summed E-state index contributed by atoms with van der Waals surface area (Å²) in [6.45, 7) is 10.7. The van der Waals surface area contributed by atoms with Crippen LogP contribution in [0.4, 0.5) is 0 Å². The van der Waals surface area contributed by atoms with E-state index in [9.17, 15) is 0 Å². The van der Waals surface area contributed by atoms with Gasteiger partial charge in [0.2, 0.25) is 0 Å². The number of fused-ring (bicyclic) bond motifs is 1. The second-order valence-electron chi connectivity index (χ2n) is 10.4. The molecule has 0 aromatic heterocycles. The van der Waals surface area contributed by atoms with Crippen LogP contribution in [0.2, 0.25) is 0 Å². The van der Waals surface area contributed by atoms with Crippen LogP contribution in [0.3, 0.4) is 0 Å². The van der Waals surface area contributed by atoms with Gasteiger partial charge < -0.3 is 14.2 Å². The first-order valence-corrected chi connectivity index (χ1v) is 12.8. The molecule has 4 heteroatoms. The van der Waals surface area contributed by atoms with E-state index in [1.807, 2.05) is 12.1 Å². The van der Waals surface area contributed by atoms with Crippen molar-refractivity contribution in [3.63, 3.8) is 0 Å². The van der Waals surface area contributed by atoms with Gasteiger partial charge in [0.25, 0.3) is 0 Å². The largest absolute Gasteiger partial charge is 0.497 e. The van der Waals surface area contributed by atoms with Gasteiger partial charge in [-0.15, -0.1) is 0 Å². The third-order valence-corrected chi connectivity index (χ3v) is 7.56. The average molecular weight is 472 g/mol. The number of nitrogens with zero attached hydrogens (tertiary/aromatic N) is 1. The number of rotatable bonds is 7. The minimum absolute atomic E-state index is 0.154. The van der Waals surface area contributed by atoms with Crippen LogP contribution in [-0.2, 0) is 0 Å². The van der Waals surface area contributed by atoms with E-state index in [0.717, 1.165) is 30.4 Å². The van der Waals surface area contributed by atoms with Crippen molar-refractivity contribution >= 4 is 0 Å². The van der Waals surface area contributed by atoms with Crippen molar-refractivity contribution in [1.29, 1.82) is 0 Å². The van der Waals surface area contributed by atoms with Gasteiger partial charge in [-0.3, -0.25) is 4.90 Å². The molecule has 5 rings (SSSR count). The molecule has 2 atom stereocenters. The van der Waals surface area contributed by atoms with Gasteiger partial charge >= 0.3 is 0 Å². The maximum Gasteiger partial charge on any atom is 0.127 e. The van der Waals surface area contributed by atoms with Crippen LogP contribution in [0.15, 0.2) is 66.7 Å². The Hall–Kier alpha value is -2.98. The smallest absolute Gasteiger partial charge is 0.127 e. The van der Waals surface area contributed by atoms with Gasteiger partial charge in [-0.1, -0.05) is 48.0 Å². The van der Waals surface area contributed by atoms with Crippen LogP contribution >= 0.6 is 0 Å². The predicted octanol–water partition coefficient (Wildman–Crippen LogP) is 6.56. The summed E-state index contributed by atoms with van der Waals surface area (Å²) in [5.41, 5.74) is 4.62. The Labute approximate surface area is 209 Å². The van der Waals surface area contributed by atoms with Crippen molar-refractivity contribution in [1.82, 2.24) is 4.90 Å². The first kappa shape index (κ1) is 23.7. The molecule has 184 valence electrons. The maximum atomic E-state index is 6.63. The molecule has 0 amide bonds. The van der Waals surface area contributed by atoms with E-state index < -0.39 is 5.60 Å². The van der Waals surface area contributed by atoms with Crippen molar-refractivity contribution in [2.45, 2.75) is 51.0 Å². The summed E-state index contributed by atoms with van der Waals surface area (Å²) in [5, 5.41) is 0. The van der Waals surface area contributed by atoms with Gasteiger partial charge in [0, 0.05) is 30.0 Å². The molecule has 2 aliphatic heterocycles. The second-order valence-corrected chi connectivity index (χ2v) is 10.4. The lowest BCUT2D eigenvalue weighted by molar-refractivity contribution is 0.0528. The lowest BCUT2D eigenvalue weighted by Gasteiger charge is -2.45. The van der Waals surface area contributed by atoms with Crippen molar-refractivity contribution in [2.24, 2.45) is 0 Å². The van der Waals surface area contributed by atoms with Gasteiger partial charge in [-0.2, -0.15) is 0 Å². The third kappa shape index (κ3) is 5.04. The average Bonchev–Trinajstić information content (AvgIpc) is 3.37. The zero-order chi connectivity index (χ0) is 24.4. The standard InChI is InChI=1S/C31H37NO3/c1-22-7-9-24(10-8-22)30-29(27-16-15-26(33-4)21-28(27)35-31(30,2)3)23-11-13-25(14-12-23)34-20-19-32-17-5-6-18-32/h7-16,21,29-30H,5-6,17-20H2,1-4H3. The van der Waals surface area contributed by atoms with Gasteiger partial charge in [-0.05, 0) is 76.0 Å². The highest BCUT2D eigenvalue weighted by Crippen LogP contribution is 2.53. The molecule has 2 aliphatic rings. The fourth-order valence-corrected chi connectivity index (χ4v) is 5.72. The van der Waals surface area contributed by atoms with Gasteiger partial charge in [-0.25, -0.2) is 0 Å². The number of methoxy groups -OCH3 is 1. The van der Waals surface area contributed by atoms with Crippen LogP contribution in [0.1, 0.15) is 60.8 Å². The highest BCUT2D eigenvalue weighted by Gasteiger charge is 2.45. The Morgan fingerprint density at radius 2 is 1.54 bits per heavy atom. The lowest BCUT2D eigenvalue weighted by atomic mass is 9.68. The molecule has 2 unspecified atom stereocenters. The van der Waals surface area contributed by atoms with Crippen LogP contribution in [0.25, 0.3) is 0 Å². The summed E-state index contributed by atoms with van der Waals surface area (Å²) < 4.78 is 18.2. The van der Waals surface area contributed by atoms with E-state index in [4.69, 9.17) is 14.2 Å². The van der Waals surface area contributed by atoms with E-state index in [1.54, 1.807) is 7.11 Å². The molecule has 0 spiro atoms. The minimum Gasteiger partial charge on any atom is -0.497 e.